The number of carbonyl (C=O) groups excluding carboxylic acids is 1. The summed E-state index contributed by atoms with van der Waals surface area (Å²) in [7, 11) is 1.63. The summed E-state index contributed by atoms with van der Waals surface area (Å²) in [5, 5.41) is 19.8. The van der Waals surface area contributed by atoms with Crippen molar-refractivity contribution in [3.63, 3.8) is 0 Å². The third kappa shape index (κ3) is 3.38. The maximum atomic E-state index is 12.5. The van der Waals surface area contributed by atoms with Crippen molar-refractivity contribution in [3.8, 4) is 0 Å². The minimum absolute atomic E-state index is 0.0517. The summed E-state index contributed by atoms with van der Waals surface area (Å²) >= 11 is 0. The molecule has 1 saturated carbocycles. The number of rotatable bonds is 5. The van der Waals surface area contributed by atoms with E-state index in [0.29, 0.717) is 17.6 Å². The monoisotopic (exact) mass is 332 g/mol. The molecule has 1 fully saturated rings. The number of hydrogen-bond donors (Lipinski definition) is 2. The fraction of sp³-hybridized carbons (Fsp3) is 0.500. The van der Waals surface area contributed by atoms with Gasteiger partial charge < -0.3 is 15.2 Å². The molecule has 0 radical (unpaired) electrons. The molecule has 1 amide bonds. The second-order valence-corrected chi connectivity index (χ2v) is 6.09. The van der Waals surface area contributed by atoms with Crippen LogP contribution in [0.4, 0.5) is 0 Å². The highest BCUT2D eigenvalue weighted by Crippen LogP contribution is 2.28. The summed E-state index contributed by atoms with van der Waals surface area (Å²) in [5.74, 6) is -1.57. The summed E-state index contributed by atoms with van der Waals surface area (Å²) < 4.78 is 6.97. The van der Waals surface area contributed by atoms with E-state index in [-0.39, 0.29) is 12.0 Å². The summed E-state index contributed by atoms with van der Waals surface area (Å²) in [4.78, 5) is 24.1. The molecule has 24 heavy (non-hydrogen) atoms. The minimum Gasteiger partial charge on any atom is -0.480 e. The van der Waals surface area contributed by atoms with Gasteiger partial charge in [-0.25, -0.2) is 4.79 Å². The van der Waals surface area contributed by atoms with E-state index in [2.05, 4.69) is 15.5 Å². The van der Waals surface area contributed by atoms with Gasteiger partial charge in [0.15, 0.2) is 5.65 Å². The Hall–Kier alpha value is -2.48. The highest BCUT2D eigenvalue weighted by Gasteiger charge is 2.34. The average Bonchev–Trinajstić information content (AvgIpc) is 3.06. The highest BCUT2D eigenvalue weighted by atomic mass is 16.5. The van der Waals surface area contributed by atoms with Crippen LogP contribution >= 0.6 is 0 Å². The molecule has 2 aromatic heterocycles. The number of amides is 1. The number of fused-ring (bicyclic) bond motifs is 1. The summed E-state index contributed by atoms with van der Waals surface area (Å²) in [6, 6.07) is 2.35. The van der Waals surface area contributed by atoms with Gasteiger partial charge in [0.2, 0.25) is 0 Å². The predicted octanol–water partition coefficient (Wildman–Crippen LogP) is 1.12. The molecular formula is C16H20N4O4. The van der Waals surface area contributed by atoms with Crippen LogP contribution in [0.5, 0.6) is 0 Å². The molecule has 2 N–H and O–H groups in total. The lowest BCUT2D eigenvalue weighted by Gasteiger charge is -2.32. The Labute approximate surface area is 138 Å². The maximum absolute atomic E-state index is 12.5. The van der Waals surface area contributed by atoms with Crippen LogP contribution < -0.4 is 5.32 Å². The molecule has 8 nitrogen and oxygen atoms in total. The van der Waals surface area contributed by atoms with Crippen molar-refractivity contribution in [2.45, 2.75) is 37.8 Å². The zero-order valence-electron chi connectivity index (χ0n) is 13.4. The normalized spacial score (nSPS) is 22.2. The van der Waals surface area contributed by atoms with Crippen LogP contribution in [0.25, 0.3) is 5.65 Å². The molecule has 2 heterocycles. The van der Waals surface area contributed by atoms with Crippen molar-refractivity contribution >= 4 is 17.5 Å². The number of hydrogen-bond acceptors (Lipinski definition) is 5. The highest BCUT2D eigenvalue weighted by molar-refractivity contribution is 5.96. The Morgan fingerprint density at radius 2 is 2.25 bits per heavy atom. The van der Waals surface area contributed by atoms with Gasteiger partial charge in [0.05, 0.1) is 11.7 Å². The topological polar surface area (TPSA) is 106 Å². The fourth-order valence-electron chi connectivity index (χ4n) is 3.27. The van der Waals surface area contributed by atoms with Crippen molar-refractivity contribution in [1.82, 2.24) is 19.9 Å². The minimum atomic E-state index is -1.02. The Balaban J connectivity index is 1.74. The number of carbonyl (C=O) groups is 2. The summed E-state index contributed by atoms with van der Waals surface area (Å²) in [5.41, 5.74) is 0.990. The number of carboxylic acids is 1. The third-order valence-corrected chi connectivity index (χ3v) is 4.58. The van der Waals surface area contributed by atoms with Crippen LogP contribution in [0, 0.1) is 5.92 Å². The van der Waals surface area contributed by atoms with Crippen molar-refractivity contribution in [1.29, 1.82) is 0 Å². The molecule has 1 aliphatic rings. The molecule has 128 valence electrons. The van der Waals surface area contributed by atoms with E-state index in [4.69, 9.17) is 4.74 Å². The van der Waals surface area contributed by atoms with Gasteiger partial charge in [0, 0.05) is 13.3 Å². The van der Waals surface area contributed by atoms with Gasteiger partial charge in [-0.1, -0.05) is 6.42 Å². The van der Waals surface area contributed by atoms with E-state index in [9.17, 15) is 14.7 Å². The molecular weight excluding hydrogens is 312 g/mol. The van der Waals surface area contributed by atoms with E-state index in [1.54, 1.807) is 29.8 Å². The van der Waals surface area contributed by atoms with Crippen LogP contribution in [0.15, 0.2) is 24.7 Å². The number of aliphatic carboxylic acids is 1. The first-order valence-electron chi connectivity index (χ1n) is 7.94. The van der Waals surface area contributed by atoms with Crippen LogP contribution in [-0.2, 0) is 9.53 Å². The van der Waals surface area contributed by atoms with Gasteiger partial charge in [-0.05, 0) is 37.3 Å². The van der Waals surface area contributed by atoms with Gasteiger partial charge in [-0.2, -0.15) is 0 Å². The molecule has 0 saturated heterocycles. The number of ether oxygens (including phenoxy) is 1. The molecule has 8 heteroatoms. The van der Waals surface area contributed by atoms with Crippen LogP contribution in [-0.4, -0.2) is 50.8 Å². The quantitative estimate of drug-likeness (QED) is 0.850. The number of pyridine rings is 1. The molecule has 0 aromatic carbocycles. The van der Waals surface area contributed by atoms with E-state index in [0.717, 1.165) is 19.3 Å². The average molecular weight is 332 g/mol. The number of nitrogens with one attached hydrogen (secondary N) is 1. The summed E-state index contributed by atoms with van der Waals surface area (Å²) in [6.07, 6.45) is 6.36. The van der Waals surface area contributed by atoms with Gasteiger partial charge in [0.1, 0.15) is 12.4 Å². The molecule has 0 bridgehead atoms. The lowest BCUT2D eigenvalue weighted by atomic mass is 9.82. The number of aromatic nitrogens is 3. The van der Waals surface area contributed by atoms with Crippen molar-refractivity contribution < 1.29 is 19.4 Å². The molecule has 3 atom stereocenters. The Morgan fingerprint density at radius 1 is 1.42 bits per heavy atom. The van der Waals surface area contributed by atoms with Crippen LogP contribution in [0.2, 0.25) is 0 Å². The number of carboxylic acid groups (broad SMARTS) is 1. The standard InChI is InChI=1S/C16H20N4O4/c1-24-12-4-2-3-10(7-12)14(16(22)23)18-15(21)11-5-6-13-19-17-9-20(13)8-11/h5-6,8-10,12,14H,2-4,7H2,1H3,(H,18,21)(H,22,23). The first kappa shape index (κ1) is 16.4. The maximum Gasteiger partial charge on any atom is 0.326 e. The lowest BCUT2D eigenvalue weighted by molar-refractivity contribution is -0.141. The molecule has 2 aromatic rings. The van der Waals surface area contributed by atoms with Gasteiger partial charge in [-0.3, -0.25) is 9.20 Å². The van der Waals surface area contributed by atoms with E-state index >= 15 is 0 Å². The first-order chi connectivity index (χ1) is 11.6. The van der Waals surface area contributed by atoms with Crippen molar-refractivity contribution in [2.75, 3.05) is 7.11 Å². The van der Waals surface area contributed by atoms with E-state index in [1.807, 2.05) is 0 Å². The molecule has 1 aliphatic carbocycles. The molecule has 0 spiro atoms. The Bertz CT molecular complexity index is 745. The number of methoxy groups -OCH3 is 1. The zero-order valence-corrected chi connectivity index (χ0v) is 13.4. The SMILES string of the molecule is COC1CCCC(C(NC(=O)c2ccc3nncn3c2)C(=O)O)C1. The Kier molecular flexibility index (Phi) is 4.75. The largest absolute Gasteiger partial charge is 0.480 e. The van der Waals surface area contributed by atoms with Gasteiger partial charge >= 0.3 is 5.97 Å². The predicted molar refractivity (Wildman–Crippen MR) is 84.6 cm³/mol. The Morgan fingerprint density at radius 3 is 3.00 bits per heavy atom. The summed E-state index contributed by atoms with van der Waals surface area (Å²) in [6.45, 7) is 0. The van der Waals surface area contributed by atoms with Gasteiger partial charge in [0.25, 0.3) is 5.91 Å². The second kappa shape index (κ2) is 6.96. The molecule has 0 aliphatic heterocycles. The van der Waals surface area contributed by atoms with E-state index in [1.165, 1.54) is 6.33 Å². The van der Waals surface area contributed by atoms with Crippen molar-refractivity contribution in [3.05, 3.63) is 30.2 Å². The van der Waals surface area contributed by atoms with Gasteiger partial charge in [-0.15, -0.1) is 10.2 Å². The lowest BCUT2D eigenvalue weighted by Crippen LogP contribution is -2.48. The fourth-order valence-corrected chi connectivity index (χ4v) is 3.27. The number of nitrogens with zero attached hydrogens (tertiary/aromatic N) is 3. The van der Waals surface area contributed by atoms with Crippen LogP contribution in [0.3, 0.4) is 0 Å². The smallest absolute Gasteiger partial charge is 0.326 e. The molecule has 3 unspecified atom stereocenters. The van der Waals surface area contributed by atoms with Crippen molar-refractivity contribution in [2.24, 2.45) is 5.92 Å². The van der Waals surface area contributed by atoms with Crippen LogP contribution in [0.1, 0.15) is 36.0 Å². The first-order valence-corrected chi connectivity index (χ1v) is 7.94. The zero-order chi connectivity index (χ0) is 17.1. The molecule has 3 rings (SSSR count). The third-order valence-electron chi connectivity index (χ3n) is 4.58. The van der Waals surface area contributed by atoms with E-state index < -0.39 is 17.9 Å². The second-order valence-electron chi connectivity index (χ2n) is 6.09.